The predicted molar refractivity (Wildman–Crippen MR) is 113 cm³/mol. The molecule has 2 aliphatic rings. The molecule has 30 heavy (non-hydrogen) atoms. The molecule has 2 atom stereocenters. The van der Waals surface area contributed by atoms with Gasteiger partial charge in [-0.1, -0.05) is 24.3 Å². The van der Waals surface area contributed by atoms with Gasteiger partial charge >= 0.3 is 0 Å². The first-order valence-corrected chi connectivity index (χ1v) is 10.4. The molecule has 2 aliphatic heterocycles. The number of rotatable bonds is 6. The first-order valence-electron chi connectivity index (χ1n) is 10.4. The molecule has 2 aromatic rings. The lowest BCUT2D eigenvalue weighted by atomic mass is 10.0. The van der Waals surface area contributed by atoms with Crippen LogP contribution < -0.4 is 10.2 Å². The van der Waals surface area contributed by atoms with E-state index >= 15 is 0 Å². The van der Waals surface area contributed by atoms with Crippen LogP contribution in [-0.2, 0) is 9.53 Å². The summed E-state index contributed by atoms with van der Waals surface area (Å²) in [6.07, 6.45) is 4.98. The molecule has 1 fully saturated rings. The number of aromatic nitrogens is 2. The van der Waals surface area contributed by atoms with Crippen LogP contribution in [0.15, 0.2) is 30.5 Å². The third kappa shape index (κ3) is 4.49. The van der Waals surface area contributed by atoms with Crippen molar-refractivity contribution in [1.82, 2.24) is 9.97 Å². The van der Waals surface area contributed by atoms with Crippen molar-refractivity contribution >= 4 is 23.3 Å². The average Bonchev–Trinajstić information content (AvgIpc) is 2.77. The second-order valence-corrected chi connectivity index (χ2v) is 7.79. The van der Waals surface area contributed by atoms with Gasteiger partial charge in [0.1, 0.15) is 6.10 Å². The van der Waals surface area contributed by atoms with Crippen molar-refractivity contribution in [1.29, 1.82) is 0 Å². The van der Waals surface area contributed by atoms with Crippen molar-refractivity contribution < 1.29 is 19.4 Å². The number of ether oxygens (including phenoxy) is 1. The molecule has 3 heterocycles. The SMILES string of the molecule is CC(O)C(=O)c1ccc(-c2cnc3c(n2)N(CCC2CCCCO2)CC(=O)N3)cc1. The number of Topliss-reactive ketones (excluding diaryl/α,β-unsaturated/α-hetero) is 1. The number of fused-ring (bicyclic) bond motifs is 1. The minimum atomic E-state index is -1.04. The van der Waals surface area contributed by atoms with Gasteiger partial charge in [-0.2, -0.15) is 0 Å². The number of hydrogen-bond acceptors (Lipinski definition) is 7. The lowest BCUT2D eigenvalue weighted by molar-refractivity contribution is -0.115. The van der Waals surface area contributed by atoms with Crippen LogP contribution in [-0.4, -0.2) is 58.7 Å². The molecule has 2 N–H and O–H groups in total. The van der Waals surface area contributed by atoms with E-state index < -0.39 is 6.10 Å². The van der Waals surface area contributed by atoms with Gasteiger partial charge in [-0.05, 0) is 32.6 Å². The van der Waals surface area contributed by atoms with E-state index in [0.717, 1.165) is 31.4 Å². The third-order valence-corrected chi connectivity index (χ3v) is 5.49. The number of ketones is 1. The van der Waals surface area contributed by atoms with Crippen molar-refractivity contribution in [2.24, 2.45) is 0 Å². The van der Waals surface area contributed by atoms with Crippen LogP contribution >= 0.6 is 0 Å². The van der Waals surface area contributed by atoms with Crippen LogP contribution in [0.1, 0.15) is 43.0 Å². The van der Waals surface area contributed by atoms with Crippen LogP contribution in [0.2, 0.25) is 0 Å². The van der Waals surface area contributed by atoms with Gasteiger partial charge in [0, 0.05) is 24.3 Å². The molecule has 1 aromatic carbocycles. The van der Waals surface area contributed by atoms with Crippen molar-refractivity contribution in [2.45, 2.75) is 44.8 Å². The molecule has 0 radical (unpaired) electrons. The molecule has 1 aromatic heterocycles. The maximum atomic E-state index is 12.1. The van der Waals surface area contributed by atoms with E-state index in [1.807, 2.05) is 4.90 Å². The Morgan fingerprint density at radius 1 is 1.33 bits per heavy atom. The molecular formula is C22H26N4O4. The molecule has 8 nitrogen and oxygen atoms in total. The summed E-state index contributed by atoms with van der Waals surface area (Å²) < 4.78 is 5.82. The van der Waals surface area contributed by atoms with E-state index in [9.17, 15) is 14.7 Å². The highest BCUT2D eigenvalue weighted by molar-refractivity contribution is 6.00. The second-order valence-electron chi connectivity index (χ2n) is 7.79. The van der Waals surface area contributed by atoms with Crippen LogP contribution in [0, 0.1) is 0 Å². The zero-order valence-electron chi connectivity index (χ0n) is 17.0. The quantitative estimate of drug-likeness (QED) is 0.705. The van der Waals surface area contributed by atoms with Crippen molar-refractivity contribution in [3.05, 3.63) is 36.0 Å². The standard InChI is InChI=1S/C22H26N4O4/c1-14(27)20(29)16-7-5-15(6-8-16)18-12-23-21-22(24-18)26(13-19(28)25-21)10-9-17-4-2-3-11-30-17/h5-8,12,14,17,27H,2-4,9-11,13H2,1H3,(H,23,25,28). The van der Waals surface area contributed by atoms with E-state index in [1.165, 1.54) is 13.3 Å². The highest BCUT2D eigenvalue weighted by Gasteiger charge is 2.26. The Bertz CT molecular complexity index is 923. The van der Waals surface area contributed by atoms with Gasteiger partial charge in [0.15, 0.2) is 17.4 Å². The van der Waals surface area contributed by atoms with Gasteiger partial charge in [0.2, 0.25) is 5.91 Å². The summed E-state index contributed by atoms with van der Waals surface area (Å²) in [4.78, 5) is 35.1. The molecule has 1 amide bonds. The van der Waals surface area contributed by atoms with Crippen molar-refractivity contribution in [2.75, 3.05) is 29.9 Å². The topological polar surface area (TPSA) is 105 Å². The number of nitrogens with one attached hydrogen (secondary N) is 1. The number of benzene rings is 1. The van der Waals surface area contributed by atoms with Crippen LogP contribution in [0.3, 0.4) is 0 Å². The number of aliphatic hydroxyl groups is 1. The number of carbonyl (C=O) groups is 2. The molecular weight excluding hydrogens is 384 g/mol. The van der Waals surface area contributed by atoms with Crippen LogP contribution in [0.5, 0.6) is 0 Å². The normalized spacial score (nSPS) is 19.7. The minimum Gasteiger partial charge on any atom is -0.385 e. The molecule has 0 aliphatic carbocycles. The zero-order chi connectivity index (χ0) is 21.1. The number of aliphatic hydroxyl groups excluding tert-OH is 1. The summed E-state index contributed by atoms with van der Waals surface area (Å²) in [5, 5.41) is 12.3. The lowest BCUT2D eigenvalue weighted by Crippen LogP contribution is -2.41. The number of nitrogens with zero attached hydrogens (tertiary/aromatic N) is 3. The lowest BCUT2D eigenvalue weighted by Gasteiger charge is -2.31. The fourth-order valence-electron chi connectivity index (χ4n) is 3.81. The number of amides is 1. The molecule has 1 saturated heterocycles. The van der Waals surface area contributed by atoms with Crippen molar-refractivity contribution in [3.8, 4) is 11.3 Å². The van der Waals surface area contributed by atoms with Gasteiger partial charge in [-0.25, -0.2) is 9.97 Å². The third-order valence-electron chi connectivity index (χ3n) is 5.49. The largest absolute Gasteiger partial charge is 0.385 e. The Labute approximate surface area is 175 Å². The molecule has 158 valence electrons. The van der Waals surface area contributed by atoms with Gasteiger partial charge in [-0.3, -0.25) is 9.59 Å². The molecule has 0 saturated carbocycles. The molecule has 8 heteroatoms. The number of hydrogen-bond donors (Lipinski definition) is 2. The maximum Gasteiger partial charge on any atom is 0.245 e. The van der Waals surface area contributed by atoms with E-state index in [1.54, 1.807) is 30.5 Å². The number of anilines is 2. The summed E-state index contributed by atoms with van der Waals surface area (Å²) in [5.41, 5.74) is 1.90. The van der Waals surface area contributed by atoms with E-state index in [0.29, 0.717) is 29.4 Å². The Balaban J connectivity index is 1.54. The van der Waals surface area contributed by atoms with Crippen LogP contribution in [0.25, 0.3) is 11.3 Å². The van der Waals surface area contributed by atoms with Crippen LogP contribution in [0.4, 0.5) is 11.6 Å². The second kappa shape index (κ2) is 8.89. The Hall–Kier alpha value is -2.84. The monoisotopic (exact) mass is 410 g/mol. The summed E-state index contributed by atoms with van der Waals surface area (Å²) in [5.74, 6) is 0.680. The first kappa shape index (κ1) is 20.4. The average molecular weight is 410 g/mol. The fraction of sp³-hybridized carbons (Fsp3) is 0.455. The van der Waals surface area contributed by atoms with E-state index in [-0.39, 0.29) is 24.3 Å². The predicted octanol–water partition coefficient (Wildman–Crippen LogP) is 2.42. The van der Waals surface area contributed by atoms with Gasteiger partial charge in [-0.15, -0.1) is 0 Å². The van der Waals surface area contributed by atoms with E-state index in [4.69, 9.17) is 9.72 Å². The summed E-state index contributed by atoms with van der Waals surface area (Å²) in [6.45, 7) is 3.16. The highest BCUT2D eigenvalue weighted by atomic mass is 16.5. The summed E-state index contributed by atoms with van der Waals surface area (Å²) in [7, 11) is 0. The minimum absolute atomic E-state index is 0.102. The molecule has 0 bridgehead atoms. The number of carbonyl (C=O) groups excluding carboxylic acids is 2. The highest BCUT2D eigenvalue weighted by Crippen LogP contribution is 2.29. The zero-order valence-corrected chi connectivity index (χ0v) is 17.0. The Morgan fingerprint density at radius 3 is 2.83 bits per heavy atom. The molecule has 2 unspecified atom stereocenters. The maximum absolute atomic E-state index is 12.1. The summed E-state index contributed by atoms with van der Waals surface area (Å²) >= 11 is 0. The van der Waals surface area contributed by atoms with Gasteiger partial charge < -0.3 is 20.1 Å². The Morgan fingerprint density at radius 2 is 2.13 bits per heavy atom. The Kier molecular flexibility index (Phi) is 6.06. The fourth-order valence-corrected chi connectivity index (χ4v) is 3.81. The van der Waals surface area contributed by atoms with E-state index in [2.05, 4.69) is 10.3 Å². The van der Waals surface area contributed by atoms with Crippen molar-refractivity contribution in [3.63, 3.8) is 0 Å². The molecule has 4 rings (SSSR count). The van der Waals surface area contributed by atoms with Gasteiger partial charge in [0.25, 0.3) is 0 Å². The molecule has 0 spiro atoms. The first-order chi connectivity index (χ1) is 14.5. The summed E-state index contributed by atoms with van der Waals surface area (Å²) in [6, 6.07) is 6.91. The smallest absolute Gasteiger partial charge is 0.245 e. The van der Waals surface area contributed by atoms with Gasteiger partial charge in [0.05, 0.1) is 24.5 Å².